The first-order chi connectivity index (χ1) is 7.24. The molecule has 1 aromatic rings. The van der Waals surface area contributed by atoms with Crippen LogP contribution in [0.1, 0.15) is 18.5 Å². The highest BCUT2D eigenvalue weighted by Crippen LogP contribution is 2.35. The highest BCUT2D eigenvalue weighted by molar-refractivity contribution is 6.28. The topological polar surface area (TPSA) is 41.1 Å². The van der Waals surface area contributed by atoms with E-state index in [9.17, 15) is 0 Å². The van der Waals surface area contributed by atoms with Crippen LogP contribution in [0.25, 0.3) is 0 Å². The molecule has 1 N–H and O–H groups in total. The van der Waals surface area contributed by atoms with Crippen LogP contribution in [0.4, 0.5) is 11.5 Å². The summed E-state index contributed by atoms with van der Waals surface area (Å²) in [5.41, 5.74) is 2.10. The Morgan fingerprint density at radius 2 is 2.33 bits per heavy atom. The monoisotopic (exact) mass is 224 g/mol. The van der Waals surface area contributed by atoms with Gasteiger partial charge in [0.15, 0.2) is 5.82 Å². The molecule has 0 spiro atoms. The molecule has 3 heterocycles. The smallest absolute Gasteiger partial charge is 0.224 e. The number of halogens is 1. The van der Waals surface area contributed by atoms with Gasteiger partial charge in [-0.05, 0) is 31.4 Å². The number of aromatic nitrogens is 2. The molecule has 5 heteroatoms. The summed E-state index contributed by atoms with van der Waals surface area (Å²) in [5, 5.41) is 3.77. The summed E-state index contributed by atoms with van der Waals surface area (Å²) in [5.74, 6) is 0.906. The fourth-order valence-electron chi connectivity index (χ4n) is 2.50. The number of nitrogens with zero attached hydrogens (tertiary/aromatic N) is 3. The third kappa shape index (κ3) is 1.44. The van der Waals surface area contributed by atoms with Gasteiger partial charge in [-0.1, -0.05) is 0 Å². The Hall–Kier alpha value is -1.03. The quantitative estimate of drug-likeness (QED) is 0.683. The summed E-state index contributed by atoms with van der Waals surface area (Å²) >= 11 is 5.86. The van der Waals surface area contributed by atoms with E-state index in [1.54, 1.807) is 0 Å². The van der Waals surface area contributed by atoms with E-state index in [0.717, 1.165) is 30.3 Å². The van der Waals surface area contributed by atoms with Gasteiger partial charge >= 0.3 is 0 Å². The van der Waals surface area contributed by atoms with Crippen LogP contribution < -0.4 is 10.2 Å². The number of hydrogen-bond donors (Lipinski definition) is 1. The number of rotatable bonds is 0. The highest BCUT2D eigenvalue weighted by atomic mass is 35.5. The first kappa shape index (κ1) is 9.21. The standard InChI is InChI=1S/C10H13ClN4/c1-6-8-9(14-10(11)12-6)13-7-3-2-4-15(8)5-7/h7H,2-5H2,1H3,(H,12,13,14)/t7-/m0/s1. The lowest BCUT2D eigenvalue weighted by Crippen LogP contribution is -2.46. The van der Waals surface area contributed by atoms with Gasteiger partial charge in [0, 0.05) is 19.1 Å². The molecule has 3 rings (SSSR count). The Bertz CT molecular complexity index is 407. The molecule has 1 fully saturated rings. The molecule has 1 saturated heterocycles. The van der Waals surface area contributed by atoms with E-state index in [-0.39, 0.29) is 0 Å². The summed E-state index contributed by atoms with van der Waals surface area (Å²) in [6, 6.07) is 0.525. The zero-order valence-electron chi connectivity index (χ0n) is 8.63. The second kappa shape index (κ2) is 3.23. The van der Waals surface area contributed by atoms with Crippen LogP contribution in [-0.4, -0.2) is 29.1 Å². The molecule has 4 nitrogen and oxygen atoms in total. The number of anilines is 2. The van der Waals surface area contributed by atoms with E-state index in [0.29, 0.717) is 11.3 Å². The fraction of sp³-hybridized carbons (Fsp3) is 0.600. The molecule has 0 amide bonds. The van der Waals surface area contributed by atoms with E-state index in [2.05, 4.69) is 20.2 Å². The lowest BCUT2D eigenvalue weighted by Gasteiger charge is -2.41. The minimum absolute atomic E-state index is 0.333. The lowest BCUT2D eigenvalue weighted by atomic mass is 10.0. The molecule has 0 radical (unpaired) electrons. The first-order valence-electron chi connectivity index (χ1n) is 5.29. The first-order valence-corrected chi connectivity index (χ1v) is 5.67. The van der Waals surface area contributed by atoms with Crippen LogP contribution in [-0.2, 0) is 0 Å². The molecule has 0 aromatic carbocycles. The van der Waals surface area contributed by atoms with Crippen molar-refractivity contribution in [2.45, 2.75) is 25.8 Å². The van der Waals surface area contributed by atoms with Gasteiger partial charge in [0.2, 0.25) is 5.28 Å². The number of hydrogen-bond acceptors (Lipinski definition) is 4. The molecule has 0 saturated carbocycles. The van der Waals surface area contributed by atoms with E-state index >= 15 is 0 Å². The maximum Gasteiger partial charge on any atom is 0.224 e. The lowest BCUT2D eigenvalue weighted by molar-refractivity contribution is 0.513. The molecule has 2 aliphatic rings. The van der Waals surface area contributed by atoms with Gasteiger partial charge in [0.1, 0.15) is 5.69 Å². The normalized spacial score (nSPS) is 23.3. The Morgan fingerprint density at radius 1 is 1.47 bits per heavy atom. The van der Waals surface area contributed by atoms with Gasteiger partial charge in [0.25, 0.3) is 0 Å². The molecular weight excluding hydrogens is 212 g/mol. The van der Waals surface area contributed by atoms with Crippen molar-refractivity contribution in [3.63, 3.8) is 0 Å². The van der Waals surface area contributed by atoms with Crippen LogP contribution >= 0.6 is 11.6 Å². The van der Waals surface area contributed by atoms with E-state index in [1.165, 1.54) is 12.8 Å². The van der Waals surface area contributed by atoms with Crippen molar-refractivity contribution >= 4 is 23.1 Å². The maximum atomic E-state index is 5.86. The zero-order chi connectivity index (χ0) is 10.4. The number of piperidine rings is 1. The summed E-state index contributed by atoms with van der Waals surface area (Å²) < 4.78 is 0. The third-order valence-electron chi connectivity index (χ3n) is 3.11. The highest BCUT2D eigenvalue weighted by Gasteiger charge is 2.30. The molecule has 2 bridgehead atoms. The van der Waals surface area contributed by atoms with E-state index < -0.39 is 0 Å². The second-order valence-electron chi connectivity index (χ2n) is 4.20. The van der Waals surface area contributed by atoms with Crippen molar-refractivity contribution in [3.05, 3.63) is 11.0 Å². The Kier molecular flexibility index (Phi) is 1.99. The summed E-state index contributed by atoms with van der Waals surface area (Å²) in [6.07, 6.45) is 2.45. The van der Waals surface area contributed by atoms with Crippen molar-refractivity contribution in [2.75, 3.05) is 23.3 Å². The minimum atomic E-state index is 0.333. The molecule has 0 aliphatic carbocycles. The predicted octanol–water partition coefficient (Wildman–Crippen LogP) is 1.83. The van der Waals surface area contributed by atoms with Gasteiger partial charge in [-0.2, -0.15) is 4.98 Å². The SMILES string of the molecule is Cc1nc(Cl)nc2c1N1CCC[C@@H](C1)N2. The van der Waals surface area contributed by atoms with Crippen molar-refractivity contribution < 1.29 is 0 Å². The average molecular weight is 225 g/mol. The molecular formula is C10H13ClN4. The summed E-state index contributed by atoms with van der Waals surface area (Å²) in [6.45, 7) is 4.17. The maximum absolute atomic E-state index is 5.86. The fourth-order valence-corrected chi connectivity index (χ4v) is 2.71. The van der Waals surface area contributed by atoms with Crippen LogP contribution in [0.5, 0.6) is 0 Å². The summed E-state index contributed by atoms with van der Waals surface area (Å²) in [4.78, 5) is 10.8. The number of nitrogens with one attached hydrogen (secondary N) is 1. The molecule has 1 atom stereocenters. The third-order valence-corrected chi connectivity index (χ3v) is 3.28. The van der Waals surface area contributed by atoms with Crippen molar-refractivity contribution in [1.82, 2.24) is 9.97 Å². The largest absolute Gasteiger partial charge is 0.365 e. The van der Waals surface area contributed by atoms with E-state index in [1.807, 2.05) is 6.92 Å². The van der Waals surface area contributed by atoms with Crippen molar-refractivity contribution in [2.24, 2.45) is 0 Å². The minimum Gasteiger partial charge on any atom is -0.365 e. The predicted molar refractivity (Wildman–Crippen MR) is 60.6 cm³/mol. The van der Waals surface area contributed by atoms with Crippen molar-refractivity contribution in [3.8, 4) is 0 Å². The van der Waals surface area contributed by atoms with Crippen molar-refractivity contribution in [1.29, 1.82) is 0 Å². The number of aryl methyl sites for hydroxylation is 1. The molecule has 0 unspecified atom stereocenters. The Labute approximate surface area is 93.7 Å². The van der Waals surface area contributed by atoms with Crippen LogP contribution in [0.3, 0.4) is 0 Å². The zero-order valence-corrected chi connectivity index (χ0v) is 9.38. The average Bonchev–Trinajstić information content (AvgIpc) is 2.15. The molecule has 15 heavy (non-hydrogen) atoms. The molecule has 1 aromatic heterocycles. The number of fused-ring (bicyclic) bond motifs is 4. The summed E-state index contributed by atoms with van der Waals surface area (Å²) in [7, 11) is 0. The Morgan fingerprint density at radius 3 is 3.20 bits per heavy atom. The molecule has 2 aliphatic heterocycles. The van der Waals surface area contributed by atoms with Gasteiger partial charge in [-0.15, -0.1) is 0 Å². The van der Waals surface area contributed by atoms with Gasteiger partial charge in [0.05, 0.1) is 5.69 Å². The van der Waals surface area contributed by atoms with Crippen LogP contribution in [0, 0.1) is 6.92 Å². The van der Waals surface area contributed by atoms with Gasteiger partial charge in [-0.25, -0.2) is 4.98 Å². The van der Waals surface area contributed by atoms with Gasteiger partial charge in [-0.3, -0.25) is 0 Å². The molecule has 80 valence electrons. The van der Waals surface area contributed by atoms with E-state index in [4.69, 9.17) is 11.6 Å². The van der Waals surface area contributed by atoms with Crippen LogP contribution in [0.15, 0.2) is 0 Å². The Balaban J connectivity index is 2.12. The van der Waals surface area contributed by atoms with Gasteiger partial charge < -0.3 is 10.2 Å². The van der Waals surface area contributed by atoms with Crippen LogP contribution in [0.2, 0.25) is 5.28 Å². The second-order valence-corrected chi connectivity index (χ2v) is 4.54.